The van der Waals surface area contributed by atoms with Gasteiger partial charge in [0.2, 0.25) is 11.7 Å². The lowest BCUT2D eigenvalue weighted by Crippen LogP contribution is -2.23. The van der Waals surface area contributed by atoms with Crippen LogP contribution >= 0.6 is 0 Å². The van der Waals surface area contributed by atoms with E-state index in [1.807, 2.05) is 13.0 Å². The summed E-state index contributed by atoms with van der Waals surface area (Å²) in [5.41, 5.74) is 0. The lowest BCUT2D eigenvalue weighted by molar-refractivity contribution is 0.206. The first-order chi connectivity index (χ1) is 10.8. The van der Waals surface area contributed by atoms with Crippen LogP contribution in [0.15, 0.2) is 27.3 Å². The molecule has 0 aliphatic carbocycles. The number of nitrogens with one attached hydrogen (secondary N) is 1. The third-order valence-electron chi connectivity index (χ3n) is 3.82. The van der Waals surface area contributed by atoms with Gasteiger partial charge < -0.3 is 8.94 Å². The monoisotopic (exact) mass is 300 g/mol. The molecule has 1 aliphatic rings. The van der Waals surface area contributed by atoms with E-state index in [2.05, 4.69) is 30.2 Å². The predicted molar refractivity (Wildman–Crippen MR) is 75.5 cm³/mol. The van der Waals surface area contributed by atoms with Crippen LogP contribution < -0.4 is 0 Å². The molecule has 1 aliphatic heterocycles. The third-order valence-corrected chi connectivity index (χ3v) is 3.82. The van der Waals surface area contributed by atoms with E-state index in [0.29, 0.717) is 24.0 Å². The number of furan rings is 1. The van der Waals surface area contributed by atoms with Crippen LogP contribution in [0.5, 0.6) is 0 Å². The Morgan fingerprint density at radius 1 is 1.41 bits per heavy atom. The Kier molecular flexibility index (Phi) is 3.23. The molecule has 0 spiro atoms. The van der Waals surface area contributed by atoms with E-state index in [0.717, 1.165) is 31.0 Å². The second kappa shape index (κ2) is 5.38. The quantitative estimate of drug-likeness (QED) is 0.787. The molecule has 114 valence electrons. The maximum absolute atomic E-state index is 5.33. The van der Waals surface area contributed by atoms with E-state index in [1.165, 1.54) is 0 Å². The Morgan fingerprint density at radius 3 is 3.14 bits per heavy atom. The minimum absolute atomic E-state index is 0.198. The molecule has 1 N–H and O–H groups in total. The van der Waals surface area contributed by atoms with Gasteiger partial charge in [-0.2, -0.15) is 10.1 Å². The summed E-state index contributed by atoms with van der Waals surface area (Å²) >= 11 is 0. The summed E-state index contributed by atoms with van der Waals surface area (Å²) in [6, 6.07) is 3.81. The van der Waals surface area contributed by atoms with Crippen LogP contribution in [0.25, 0.3) is 11.6 Å². The summed E-state index contributed by atoms with van der Waals surface area (Å²) in [5, 5.41) is 11.1. The van der Waals surface area contributed by atoms with E-state index >= 15 is 0 Å². The van der Waals surface area contributed by atoms with Gasteiger partial charge in [-0.15, -0.1) is 0 Å². The normalized spacial score (nSPS) is 19.0. The Bertz CT molecular complexity index is 747. The summed E-state index contributed by atoms with van der Waals surface area (Å²) in [4.78, 5) is 11.1. The second-order valence-corrected chi connectivity index (χ2v) is 5.40. The van der Waals surface area contributed by atoms with Crippen molar-refractivity contribution in [3.63, 3.8) is 0 Å². The number of nitrogens with zero attached hydrogens (tertiary/aromatic N) is 5. The molecule has 8 nitrogen and oxygen atoms in total. The van der Waals surface area contributed by atoms with Crippen LogP contribution in [0.2, 0.25) is 0 Å². The molecule has 3 aromatic heterocycles. The molecule has 1 fully saturated rings. The molecule has 1 saturated heterocycles. The van der Waals surface area contributed by atoms with Crippen molar-refractivity contribution >= 4 is 0 Å². The SMILES string of the molecule is Cc1nc(C2CCCN2Cc2nc(-c3ccco3)no2)n[nH]1. The summed E-state index contributed by atoms with van der Waals surface area (Å²) in [6.45, 7) is 3.46. The molecule has 1 atom stereocenters. The lowest BCUT2D eigenvalue weighted by Gasteiger charge is -2.19. The molecule has 3 aromatic rings. The number of likely N-dealkylation sites (tertiary alicyclic amines) is 1. The predicted octanol–water partition coefficient (Wildman–Crippen LogP) is 2.09. The van der Waals surface area contributed by atoms with Crippen LogP contribution in [0.1, 0.15) is 36.4 Å². The van der Waals surface area contributed by atoms with Crippen molar-refractivity contribution in [2.24, 2.45) is 0 Å². The van der Waals surface area contributed by atoms with Gasteiger partial charge in [0.25, 0.3) is 0 Å². The highest BCUT2D eigenvalue weighted by Gasteiger charge is 2.30. The highest BCUT2D eigenvalue weighted by atomic mass is 16.5. The molecule has 4 heterocycles. The van der Waals surface area contributed by atoms with Gasteiger partial charge in [0.1, 0.15) is 5.82 Å². The Hall–Kier alpha value is -2.48. The minimum Gasteiger partial charge on any atom is -0.461 e. The highest BCUT2D eigenvalue weighted by Crippen LogP contribution is 2.31. The summed E-state index contributed by atoms with van der Waals surface area (Å²) < 4.78 is 10.6. The lowest BCUT2D eigenvalue weighted by atomic mass is 10.2. The second-order valence-electron chi connectivity index (χ2n) is 5.40. The molecular weight excluding hydrogens is 284 g/mol. The summed E-state index contributed by atoms with van der Waals surface area (Å²) in [7, 11) is 0. The fourth-order valence-electron chi connectivity index (χ4n) is 2.82. The van der Waals surface area contributed by atoms with Gasteiger partial charge in [-0.3, -0.25) is 10.00 Å². The molecule has 8 heteroatoms. The van der Waals surface area contributed by atoms with Crippen LogP contribution in [-0.2, 0) is 6.54 Å². The average Bonchev–Trinajstić information content (AvgIpc) is 3.26. The smallest absolute Gasteiger partial charge is 0.241 e. The summed E-state index contributed by atoms with van der Waals surface area (Å²) in [5.74, 6) is 3.33. The van der Waals surface area contributed by atoms with Crippen molar-refractivity contribution in [1.82, 2.24) is 30.2 Å². The number of aryl methyl sites for hydroxylation is 1. The number of rotatable bonds is 4. The topological polar surface area (TPSA) is 96.9 Å². The zero-order valence-electron chi connectivity index (χ0n) is 12.2. The molecule has 4 rings (SSSR count). The zero-order chi connectivity index (χ0) is 14.9. The Balaban J connectivity index is 1.50. The van der Waals surface area contributed by atoms with Crippen molar-refractivity contribution in [2.75, 3.05) is 6.54 Å². The van der Waals surface area contributed by atoms with E-state index in [-0.39, 0.29) is 6.04 Å². The molecule has 0 saturated carbocycles. The van der Waals surface area contributed by atoms with E-state index in [4.69, 9.17) is 8.94 Å². The first-order valence-electron chi connectivity index (χ1n) is 7.29. The van der Waals surface area contributed by atoms with Crippen LogP contribution in [-0.4, -0.2) is 36.8 Å². The van der Waals surface area contributed by atoms with Gasteiger partial charge in [0.05, 0.1) is 18.8 Å². The van der Waals surface area contributed by atoms with Crippen molar-refractivity contribution in [1.29, 1.82) is 0 Å². The maximum atomic E-state index is 5.33. The van der Waals surface area contributed by atoms with Gasteiger partial charge in [0, 0.05) is 0 Å². The maximum Gasteiger partial charge on any atom is 0.241 e. The third kappa shape index (κ3) is 2.41. The minimum atomic E-state index is 0.198. The molecule has 1 unspecified atom stereocenters. The highest BCUT2D eigenvalue weighted by molar-refractivity contribution is 5.44. The first-order valence-corrected chi connectivity index (χ1v) is 7.29. The van der Waals surface area contributed by atoms with E-state index in [1.54, 1.807) is 12.3 Å². The van der Waals surface area contributed by atoms with Gasteiger partial charge in [-0.1, -0.05) is 5.16 Å². The number of aromatic nitrogens is 5. The first kappa shape index (κ1) is 13.2. The molecule has 0 aromatic carbocycles. The fourth-order valence-corrected chi connectivity index (χ4v) is 2.82. The Labute approximate surface area is 126 Å². The molecule has 0 bridgehead atoms. The van der Waals surface area contributed by atoms with Crippen LogP contribution in [0, 0.1) is 6.92 Å². The van der Waals surface area contributed by atoms with Crippen LogP contribution in [0.4, 0.5) is 0 Å². The van der Waals surface area contributed by atoms with Crippen molar-refractivity contribution in [3.05, 3.63) is 35.9 Å². The average molecular weight is 300 g/mol. The van der Waals surface area contributed by atoms with E-state index in [9.17, 15) is 0 Å². The van der Waals surface area contributed by atoms with Gasteiger partial charge in [0.15, 0.2) is 11.6 Å². The van der Waals surface area contributed by atoms with E-state index < -0.39 is 0 Å². The molecule has 0 radical (unpaired) electrons. The molecule has 22 heavy (non-hydrogen) atoms. The molecule has 0 amide bonds. The fraction of sp³-hybridized carbons (Fsp3) is 0.429. The van der Waals surface area contributed by atoms with Crippen molar-refractivity contribution < 1.29 is 8.94 Å². The number of aromatic amines is 1. The standard InChI is InChI=1S/C14H16N6O2/c1-9-15-13(18-17-9)10-4-2-6-20(10)8-12-16-14(19-22-12)11-5-3-7-21-11/h3,5,7,10H,2,4,6,8H2,1H3,(H,15,17,18). The van der Waals surface area contributed by atoms with Gasteiger partial charge >= 0.3 is 0 Å². The van der Waals surface area contributed by atoms with Gasteiger partial charge in [-0.25, -0.2) is 4.98 Å². The summed E-state index contributed by atoms with van der Waals surface area (Å²) in [6.07, 6.45) is 3.74. The molecular formula is C14H16N6O2. The van der Waals surface area contributed by atoms with Gasteiger partial charge in [-0.05, 0) is 38.4 Å². The zero-order valence-corrected chi connectivity index (χ0v) is 12.2. The number of H-pyrrole nitrogens is 1. The number of hydrogen-bond acceptors (Lipinski definition) is 7. The van der Waals surface area contributed by atoms with Crippen LogP contribution in [0.3, 0.4) is 0 Å². The Morgan fingerprint density at radius 2 is 2.36 bits per heavy atom. The van der Waals surface area contributed by atoms with Crippen molar-refractivity contribution in [2.45, 2.75) is 32.4 Å². The van der Waals surface area contributed by atoms with Crippen molar-refractivity contribution in [3.8, 4) is 11.6 Å². The number of hydrogen-bond donors (Lipinski definition) is 1. The largest absolute Gasteiger partial charge is 0.461 e.